The van der Waals surface area contributed by atoms with Crippen LogP contribution in [0.4, 0.5) is 0 Å². The van der Waals surface area contributed by atoms with Gasteiger partial charge in [0.05, 0.1) is 0 Å². The molecule has 0 aliphatic rings. The van der Waals surface area contributed by atoms with Gasteiger partial charge in [-0.3, -0.25) is 0 Å². The van der Waals surface area contributed by atoms with Gasteiger partial charge in [0.25, 0.3) is 0 Å². The predicted molar refractivity (Wildman–Crippen MR) is 82.3 cm³/mol. The third kappa shape index (κ3) is 5.37. The fourth-order valence-electron chi connectivity index (χ4n) is 1.60. The zero-order valence-electron chi connectivity index (χ0n) is 12.7. The van der Waals surface area contributed by atoms with Crippen molar-refractivity contribution < 1.29 is 19.1 Å². The molecule has 0 aliphatic carbocycles. The van der Waals surface area contributed by atoms with Gasteiger partial charge in [-0.25, -0.2) is 0 Å². The Kier molecular flexibility index (Phi) is 6.66. The summed E-state index contributed by atoms with van der Waals surface area (Å²) in [6.07, 6.45) is 1.66. The molecule has 1 aromatic carbocycles. The van der Waals surface area contributed by atoms with Gasteiger partial charge in [-0.1, -0.05) is 0 Å². The quantitative estimate of drug-likeness (QED) is 0.443. The normalized spacial score (nSPS) is 11.9. The van der Waals surface area contributed by atoms with Gasteiger partial charge in [-0.05, 0) is 0 Å². The van der Waals surface area contributed by atoms with Crippen LogP contribution in [0, 0.1) is 5.41 Å². The molecule has 0 radical (unpaired) electrons. The topological polar surface area (TPSA) is 52.6 Å². The minimum atomic E-state index is -0.868. The number of carbonyl (C=O) groups excluding carboxylic acids is 2. The summed E-state index contributed by atoms with van der Waals surface area (Å²) in [6.45, 7) is 5.51. The monoisotopic (exact) mass is 356 g/mol. The Labute approximate surface area is 131 Å². The van der Waals surface area contributed by atoms with Crippen molar-refractivity contribution in [1.82, 2.24) is 0 Å². The average Bonchev–Trinajstić information content (AvgIpc) is 2.46. The van der Waals surface area contributed by atoms with Gasteiger partial charge in [0.1, 0.15) is 0 Å². The molecule has 0 amide bonds. The van der Waals surface area contributed by atoms with E-state index < -0.39 is 5.41 Å². The van der Waals surface area contributed by atoms with E-state index in [1.807, 2.05) is 30.3 Å². The molecular weight excluding hydrogens is 335 g/mol. The molecule has 0 unspecified atom stereocenters. The van der Waals surface area contributed by atoms with Crippen LogP contribution >= 0.6 is 0 Å². The van der Waals surface area contributed by atoms with Crippen molar-refractivity contribution in [3.63, 3.8) is 0 Å². The van der Waals surface area contributed by atoms with Crippen molar-refractivity contribution in [3.05, 3.63) is 40.9 Å². The molecular formula is C16H20O4Se. The Hall–Kier alpha value is -1.58. The number of carbonyl (C=O) groups is 2. The van der Waals surface area contributed by atoms with E-state index in [1.54, 1.807) is 26.8 Å². The van der Waals surface area contributed by atoms with Crippen molar-refractivity contribution in [2.45, 2.75) is 20.8 Å². The minimum absolute atomic E-state index is 0.223. The summed E-state index contributed by atoms with van der Waals surface area (Å²) in [7, 11) is 1.34. The first-order valence-corrected chi connectivity index (χ1v) is 8.33. The third-order valence-electron chi connectivity index (χ3n) is 2.65. The van der Waals surface area contributed by atoms with Gasteiger partial charge in [-0.15, -0.1) is 0 Å². The molecule has 1 aromatic rings. The Morgan fingerprint density at radius 1 is 1.24 bits per heavy atom. The molecule has 0 atom stereocenters. The second-order valence-electron chi connectivity index (χ2n) is 4.86. The van der Waals surface area contributed by atoms with Gasteiger partial charge < -0.3 is 0 Å². The van der Waals surface area contributed by atoms with Crippen LogP contribution in [0.2, 0.25) is 0 Å². The molecule has 0 fully saturated rings. The van der Waals surface area contributed by atoms with Crippen LogP contribution in [-0.2, 0) is 19.1 Å². The van der Waals surface area contributed by atoms with E-state index in [0.717, 1.165) is 4.46 Å². The van der Waals surface area contributed by atoms with Gasteiger partial charge in [0.2, 0.25) is 0 Å². The predicted octanol–water partition coefficient (Wildman–Crippen LogP) is 1.66. The molecule has 5 heteroatoms. The molecule has 4 nitrogen and oxygen atoms in total. The molecule has 1 rings (SSSR count). The van der Waals surface area contributed by atoms with E-state index in [9.17, 15) is 9.59 Å². The number of hydrogen-bond donors (Lipinski definition) is 0. The van der Waals surface area contributed by atoms with Crippen LogP contribution in [-0.4, -0.2) is 40.6 Å². The van der Waals surface area contributed by atoms with E-state index in [2.05, 4.69) is 0 Å². The van der Waals surface area contributed by atoms with Crippen molar-refractivity contribution in [2.75, 3.05) is 13.7 Å². The van der Waals surface area contributed by atoms with E-state index in [1.165, 1.54) is 7.11 Å². The zero-order chi connectivity index (χ0) is 15.9. The van der Waals surface area contributed by atoms with Crippen LogP contribution in [0.1, 0.15) is 20.8 Å². The second-order valence-corrected chi connectivity index (χ2v) is 7.20. The summed E-state index contributed by atoms with van der Waals surface area (Å²) in [5.41, 5.74) is -0.868. The molecule has 0 saturated heterocycles. The van der Waals surface area contributed by atoms with Gasteiger partial charge in [-0.2, -0.15) is 0 Å². The Balaban J connectivity index is 3.08. The molecule has 0 N–H and O–H groups in total. The fourth-order valence-corrected chi connectivity index (χ4v) is 3.79. The summed E-state index contributed by atoms with van der Waals surface area (Å²) in [5, 5.41) is 0. The Bertz CT molecular complexity index is 520. The number of esters is 2. The summed E-state index contributed by atoms with van der Waals surface area (Å²) in [6, 6.07) is 9.68. The molecule has 0 aromatic heterocycles. The summed E-state index contributed by atoms with van der Waals surface area (Å²) >= 11 is -0.223. The van der Waals surface area contributed by atoms with Crippen LogP contribution < -0.4 is 4.46 Å². The first-order valence-electron chi connectivity index (χ1n) is 6.62. The maximum atomic E-state index is 12.1. The molecule has 114 valence electrons. The number of ether oxygens (including phenoxy) is 2. The molecule has 0 heterocycles. The fraction of sp³-hybridized carbons (Fsp3) is 0.375. The Morgan fingerprint density at radius 3 is 2.38 bits per heavy atom. The molecule has 0 bridgehead atoms. The van der Waals surface area contributed by atoms with Gasteiger partial charge >= 0.3 is 131 Å². The van der Waals surface area contributed by atoms with E-state index >= 15 is 0 Å². The number of rotatable bonds is 6. The maximum absolute atomic E-state index is 12.1. The van der Waals surface area contributed by atoms with Crippen LogP contribution in [0.5, 0.6) is 0 Å². The van der Waals surface area contributed by atoms with Crippen LogP contribution in [0.25, 0.3) is 0 Å². The molecule has 0 aliphatic heterocycles. The van der Waals surface area contributed by atoms with Crippen molar-refractivity contribution in [2.24, 2.45) is 5.41 Å². The summed E-state index contributed by atoms with van der Waals surface area (Å²) in [5.74, 6) is -0.758. The number of benzene rings is 1. The first kappa shape index (κ1) is 17.5. The summed E-state index contributed by atoms with van der Waals surface area (Å²) < 4.78 is 11.4. The van der Waals surface area contributed by atoms with E-state index in [4.69, 9.17) is 9.47 Å². The van der Waals surface area contributed by atoms with Crippen molar-refractivity contribution in [1.29, 1.82) is 0 Å². The van der Waals surface area contributed by atoms with Gasteiger partial charge in [0, 0.05) is 0 Å². The molecule has 0 saturated carbocycles. The second kappa shape index (κ2) is 8.01. The third-order valence-corrected chi connectivity index (χ3v) is 4.77. The van der Waals surface area contributed by atoms with E-state index in [0.29, 0.717) is 11.1 Å². The Morgan fingerprint density at radius 2 is 1.86 bits per heavy atom. The van der Waals surface area contributed by atoms with Crippen molar-refractivity contribution >= 4 is 31.4 Å². The SMILES string of the molecule is CCOC(=O)/C(=C/C(C)(C)C(=O)OC)[Se]c1ccccc1. The number of hydrogen-bond acceptors (Lipinski definition) is 4. The average molecular weight is 355 g/mol. The van der Waals surface area contributed by atoms with E-state index in [-0.39, 0.29) is 26.9 Å². The zero-order valence-corrected chi connectivity index (χ0v) is 14.4. The van der Waals surface area contributed by atoms with Crippen molar-refractivity contribution in [3.8, 4) is 0 Å². The van der Waals surface area contributed by atoms with Crippen LogP contribution in [0.15, 0.2) is 40.9 Å². The van der Waals surface area contributed by atoms with Crippen LogP contribution in [0.3, 0.4) is 0 Å². The molecule has 0 spiro atoms. The summed E-state index contributed by atoms with van der Waals surface area (Å²) in [4.78, 5) is 23.9. The van der Waals surface area contributed by atoms with Gasteiger partial charge in [0.15, 0.2) is 0 Å². The first-order chi connectivity index (χ1) is 9.90. The standard InChI is InChI=1S/C16H20O4Se/c1-5-20-14(17)13(11-16(2,3)15(18)19-4)21-12-9-7-6-8-10-12/h6-11H,5H2,1-4H3/b13-11-. The number of methoxy groups -OCH3 is 1. The molecule has 21 heavy (non-hydrogen) atoms.